The highest BCUT2D eigenvalue weighted by Gasteiger charge is 2.41. The summed E-state index contributed by atoms with van der Waals surface area (Å²) in [6, 6.07) is 5.42. The van der Waals surface area contributed by atoms with Gasteiger partial charge in [0.1, 0.15) is 23.5 Å². The second-order valence-electron chi connectivity index (χ2n) is 8.65. The predicted octanol–water partition coefficient (Wildman–Crippen LogP) is 4.08. The Kier molecular flexibility index (Phi) is 5.53. The summed E-state index contributed by atoms with van der Waals surface area (Å²) in [5, 5.41) is 1.11. The summed E-state index contributed by atoms with van der Waals surface area (Å²) in [6.07, 6.45) is 3.39. The van der Waals surface area contributed by atoms with Gasteiger partial charge in [0, 0.05) is 12.3 Å². The van der Waals surface area contributed by atoms with Crippen LogP contribution in [-0.2, 0) is 9.47 Å². The van der Waals surface area contributed by atoms with Gasteiger partial charge in [-0.05, 0) is 51.7 Å². The molecule has 0 aromatic carbocycles. The minimum atomic E-state index is -0.535. The molecule has 0 unspecified atom stereocenters. The summed E-state index contributed by atoms with van der Waals surface area (Å²) < 4.78 is 17.8. The third kappa shape index (κ3) is 5.08. The summed E-state index contributed by atoms with van der Waals surface area (Å²) in [6.45, 7) is 6.84. The highest BCUT2D eigenvalue weighted by atomic mass is 35.5. The number of carbonyl (C=O) groups is 1. The van der Waals surface area contributed by atoms with Crippen molar-refractivity contribution in [3.63, 3.8) is 0 Å². The average Bonchev–Trinajstić information content (AvgIpc) is 3.49. The van der Waals surface area contributed by atoms with Crippen LogP contribution in [0.15, 0.2) is 24.4 Å². The van der Waals surface area contributed by atoms with E-state index in [0.717, 1.165) is 23.7 Å². The zero-order valence-corrected chi connectivity index (χ0v) is 17.7. The van der Waals surface area contributed by atoms with Gasteiger partial charge in [0.25, 0.3) is 0 Å². The van der Waals surface area contributed by atoms with Crippen molar-refractivity contribution in [2.75, 3.05) is 19.7 Å². The van der Waals surface area contributed by atoms with E-state index in [4.69, 9.17) is 25.8 Å². The average molecular weight is 420 g/mol. The van der Waals surface area contributed by atoms with Gasteiger partial charge in [-0.2, -0.15) is 0 Å². The van der Waals surface area contributed by atoms with Crippen LogP contribution >= 0.6 is 11.6 Å². The molecule has 1 saturated heterocycles. The van der Waals surface area contributed by atoms with Crippen molar-refractivity contribution < 1.29 is 19.0 Å². The second kappa shape index (κ2) is 7.95. The first-order valence-electron chi connectivity index (χ1n) is 9.96. The molecule has 2 aromatic heterocycles. The fourth-order valence-electron chi connectivity index (χ4n) is 3.46. The summed E-state index contributed by atoms with van der Waals surface area (Å²) in [5.41, 5.74) is 0.186. The van der Waals surface area contributed by atoms with Crippen molar-refractivity contribution in [2.24, 2.45) is 5.92 Å². The number of fused-ring (bicyclic) bond motifs is 1. The number of ether oxygens (including phenoxy) is 3. The number of nitrogens with zero attached hydrogens (tertiary/aromatic N) is 3. The van der Waals surface area contributed by atoms with E-state index in [0.29, 0.717) is 30.0 Å². The maximum Gasteiger partial charge on any atom is 0.410 e. The number of amides is 1. The van der Waals surface area contributed by atoms with Crippen molar-refractivity contribution in [3.8, 4) is 5.88 Å². The summed E-state index contributed by atoms with van der Waals surface area (Å²) in [4.78, 5) is 22.9. The first-order valence-corrected chi connectivity index (χ1v) is 10.3. The number of hydrogen-bond donors (Lipinski definition) is 0. The highest BCUT2D eigenvalue weighted by molar-refractivity contribution is 6.30. The number of aromatic nitrogens is 2. The minimum Gasteiger partial charge on any atom is -0.474 e. The van der Waals surface area contributed by atoms with Gasteiger partial charge in [-0.25, -0.2) is 9.78 Å². The van der Waals surface area contributed by atoms with Gasteiger partial charge in [-0.1, -0.05) is 11.6 Å². The van der Waals surface area contributed by atoms with E-state index in [9.17, 15) is 4.79 Å². The summed E-state index contributed by atoms with van der Waals surface area (Å²) in [5.74, 6) is 0.915. The largest absolute Gasteiger partial charge is 0.474 e. The lowest BCUT2D eigenvalue weighted by atomic mass is 10.1. The standard InChI is InChI=1S/C21H26ClN3O4/c1-21(2,3)29-20(26)25-10-14(28-17(11-25)13-6-7-13)12-27-19-15-5-4-8-23-16(15)9-18(22)24-19/h4-5,8-9,13-14,17H,6-7,10-12H2,1-3H3/t14-,17+/m0/s1. The Hall–Kier alpha value is -2.12. The van der Waals surface area contributed by atoms with Crippen LogP contribution in [0.5, 0.6) is 5.88 Å². The number of pyridine rings is 2. The molecule has 2 aromatic rings. The second-order valence-corrected chi connectivity index (χ2v) is 9.04. The molecule has 156 valence electrons. The van der Waals surface area contributed by atoms with Gasteiger partial charge in [0.05, 0.1) is 30.1 Å². The molecule has 7 nitrogen and oxygen atoms in total. The molecule has 1 saturated carbocycles. The van der Waals surface area contributed by atoms with Gasteiger partial charge in [0.15, 0.2) is 0 Å². The van der Waals surface area contributed by atoms with E-state index in [1.165, 1.54) is 0 Å². The van der Waals surface area contributed by atoms with E-state index >= 15 is 0 Å². The van der Waals surface area contributed by atoms with Gasteiger partial charge in [-0.15, -0.1) is 0 Å². The number of morpholine rings is 1. The molecule has 1 aliphatic heterocycles. The molecule has 0 bridgehead atoms. The van der Waals surface area contributed by atoms with Crippen LogP contribution in [0.1, 0.15) is 33.6 Å². The zero-order chi connectivity index (χ0) is 20.6. The van der Waals surface area contributed by atoms with Crippen molar-refractivity contribution in [2.45, 2.75) is 51.4 Å². The van der Waals surface area contributed by atoms with E-state index in [-0.39, 0.29) is 24.9 Å². The molecule has 3 heterocycles. The van der Waals surface area contributed by atoms with Gasteiger partial charge < -0.3 is 19.1 Å². The quantitative estimate of drug-likeness (QED) is 0.695. The summed E-state index contributed by atoms with van der Waals surface area (Å²) >= 11 is 6.11. The lowest BCUT2D eigenvalue weighted by Gasteiger charge is -2.38. The molecule has 4 rings (SSSR count). The lowest BCUT2D eigenvalue weighted by Crippen LogP contribution is -2.53. The van der Waals surface area contributed by atoms with Crippen molar-refractivity contribution in [1.29, 1.82) is 0 Å². The maximum atomic E-state index is 12.6. The third-order valence-electron chi connectivity index (χ3n) is 4.93. The first kappa shape index (κ1) is 20.2. The Morgan fingerprint density at radius 3 is 2.86 bits per heavy atom. The zero-order valence-electron chi connectivity index (χ0n) is 16.9. The Bertz CT molecular complexity index is 897. The molecule has 8 heteroatoms. The Labute approximate surface area is 175 Å². The molecule has 1 amide bonds. The molecule has 2 atom stereocenters. The summed E-state index contributed by atoms with van der Waals surface area (Å²) in [7, 11) is 0. The normalized spacial score (nSPS) is 22.6. The monoisotopic (exact) mass is 419 g/mol. The van der Waals surface area contributed by atoms with Crippen LogP contribution < -0.4 is 4.74 Å². The molecule has 2 aliphatic rings. The van der Waals surface area contributed by atoms with E-state index in [1.54, 1.807) is 17.2 Å². The molecule has 0 spiro atoms. The molecule has 29 heavy (non-hydrogen) atoms. The van der Waals surface area contributed by atoms with E-state index < -0.39 is 5.60 Å². The fraction of sp³-hybridized carbons (Fsp3) is 0.571. The van der Waals surface area contributed by atoms with Gasteiger partial charge >= 0.3 is 6.09 Å². The number of carbonyl (C=O) groups excluding carboxylic acids is 1. The molecule has 0 radical (unpaired) electrons. The van der Waals surface area contributed by atoms with Crippen molar-refractivity contribution in [3.05, 3.63) is 29.5 Å². The van der Waals surface area contributed by atoms with Crippen LogP contribution in [0.2, 0.25) is 5.15 Å². The fourth-order valence-corrected chi connectivity index (χ4v) is 3.64. The SMILES string of the molecule is CC(C)(C)OC(=O)N1C[C@@H](COc2nc(Cl)cc3ncccc23)O[C@@H](C2CC2)C1. The highest BCUT2D eigenvalue weighted by Crippen LogP contribution is 2.37. The van der Waals surface area contributed by atoms with E-state index in [1.807, 2.05) is 32.9 Å². The van der Waals surface area contributed by atoms with Crippen molar-refractivity contribution >= 4 is 28.6 Å². The number of rotatable bonds is 4. The van der Waals surface area contributed by atoms with Crippen LogP contribution in [0, 0.1) is 5.92 Å². The predicted molar refractivity (Wildman–Crippen MR) is 109 cm³/mol. The molecular formula is C21H26ClN3O4. The van der Waals surface area contributed by atoms with Gasteiger partial charge in [-0.3, -0.25) is 4.98 Å². The van der Waals surface area contributed by atoms with E-state index in [2.05, 4.69) is 9.97 Å². The molecule has 1 aliphatic carbocycles. The molecular weight excluding hydrogens is 394 g/mol. The smallest absolute Gasteiger partial charge is 0.410 e. The maximum absolute atomic E-state index is 12.6. The Morgan fingerprint density at radius 1 is 1.34 bits per heavy atom. The van der Waals surface area contributed by atoms with Crippen LogP contribution in [0.25, 0.3) is 10.9 Å². The van der Waals surface area contributed by atoms with Crippen LogP contribution in [0.3, 0.4) is 0 Å². The number of halogens is 1. The van der Waals surface area contributed by atoms with Crippen LogP contribution in [0.4, 0.5) is 4.79 Å². The lowest BCUT2D eigenvalue weighted by molar-refractivity contribution is -0.107. The first-order chi connectivity index (χ1) is 13.8. The molecule has 2 fully saturated rings. The van der Waals surface area contributed by atoms with Crippen molar-refractivity contribution in [1.82, 2.24) is 14.9 Å². The topological polar surface area (TPSA) is 73.8 Å². The number of hydrogen-bond acceptors (Lipinski definition) is 6. The van der Waals surface area contributed by atoms with Crippen LogP contribution in [-0.4, -0.2) is 58.5 Å². The van der Waals surface area contributed by atoms with Gasteiger partial charge in [0.2, 0.25) is 5.88 Å². The third-order valence-corrected chi connectivity index (χ3v) is 5.12. The Balaban J connectivity index is 1.47. The Morgan fingerprint density at radius 2 is 2.14 bits per heavy atom. The molecule has 0 N–H and O–H groups in total. The minimum absolute atomic E-state index is 0.00981.